The van der Waals surface area contributed by atoms with Gasteiger partial charge in [-0.3, -0.25) is 4.79 Å². The van der Waals surface area contributed by atoms with Crippen LogP contribution in [0.1, 0.15) is 5.56 Å². The van der Waals surface area contributed by atoms with Gasteiger partial charge in [0.15, 0.2) is 11.4 Å². The van der Waals surface area contributed by atoms with Crippen molar-refractivity contribution in [3.05, 3.63) is 60.4 Å². The third-order valence-electron chi connectivity index (χ3n) is 5.73. The molecule has 0 saturated carbocycles. The Balaban J connectivity index is 1.60. The topological polar surface area (TPSA) is 61.8 Å². The SMILES string of the molecule is COc1ccccc1N1CCN(c2ncnc(N(C)c3ccccc3C)c2SC=O)CC1. The summed E-state index contributed by atoms with van der Waals surface area (Å²) in [5, 5.41) is 0. The van der Waals surface area contributed by atoms with Gasteiger partial charge >= 0.3 is 0 Å². The second-order valence-electron chi connectivity index (χ2n) is 7.56. The first kappa shape index (κ1) is 22.0. The Morgan fingerprint density at radius 2 is 1.69 bits per heavy atom. The quantitative estimate of drug-likeness (QED) is 0.393. The molecule has 1 fully saturated rings. The molecule has 3 aromatic rings. The fourth-order valence-electron chi connectivity index (χ4n) is 4.08. The summed E-state index contributed by atoms with van der Waals surface area (Å²) in [5.41, 5.74) is 4.14. The Morgan fingerprint density at radius 1 is 1.00 bits per heavy atom. The molecular weight excluding hydrogens is 422 g/mol. The molecule has 0 spiro atoms. The van der Waals surface area contributed by atoms with Gasteiger partial charge in [0, 0.05) is 38.9 Å². The van der Waals surface area contributed by atoms with Gasteiger partial charge in [-0.05, 0) is 42.4 Å². The van der Waals surface area contributed by atoms with Crippen molar-refractivity contribution in [3.8, 4) is 5.75 Å². The second-order valence-corrected chi connectivity index (χ2v) is 8.39. The summed E-state index contributed by atoms with van der Waals surface area (Å²) < 4.78 is 5.53. The maximum Gasteiger partial charge on any atom is 0.181 e. The largest absolute Gasteiger partial charge is 0.495 e. The van der Waals surface area contributed by atoms with Gasteiger partial charge in [-0.1, -0.05) is 30.3 Å². The van der Waals surface area contributed by atoms with Crippen LogP contribution in [0.15, 0.2) is 59.8 Å². The first-order valence-electron chi connectivity index (χ1n) is 10.5. The second kappa shape index (κ2) is 9.91. The number of aryl methyl sites for hydroxylation is 1. The van der Waals surface area contributed by atoms with Crippen LogP contribution < -0.4 is 19.4 Å². The van der Waals surface area contributed by atoms with Crippen molar-refractivity contribution in [1.82, 2.24) is 9.97 Å². The van der Waals surface area contributed by atoms with E-state index in [0.29, 0.717) is 0 Å². The fourth-order valence-corrected chi connectivity index (χ4v) is 4.76. The van der Waals surface area contributed by atoms with Gasteiger partial charge in [-0.2, -0.15) is 0 Å². The molecule has 4 rings (SSSR count). The molecule has 2 heterocycles. The summed E-state index contributed by atoms with van der Waals surface area (Å²) in [6, 6.07) is 16.2. The van der Waals surface area contributed by atoms with E-state index < -0.39 is 0 Å². The number of methoxy groups -OCH3 is 1. The molecule has 166 valence electrons. The van der Waals surface area contributed by atoms with Gasteiger partial charge < -0.3 is 19.4 Å². The fraction of sp³-hybridized carbons (Fsp3) is 0.292. The van der Waals surface area contributed by atoms with E-state index in [-0.39, 0.29) is 0 Å². The zero-order chi connectivity index (χ0) is 22.5. The number of rotatable bonds is 7. The number of hydrogen-bond acceptors (Lipinski definition) is 8. The molecule has 1 saturated heterocycles. The number of ether oxygens (including phenoxy) is 1. The van der Waals surface area contributed by atoms with E-state index in [0.717, 1.165) is 82.8 Å². The zero-order valence-corrected chi connectivity index (χ0v) is 19.4. The summed E-state index contributed by atoms with van der Waals surface area (Å²) in [7, 11) is 3.67. The smallest absolute Gasteiger partial charge is 0.181 e. The van der Waals surface area contributed by atoms with Crippen LogP contribution in [0.3, 0.4) is 0 Å². The van der Waals surface area contributed by atoms with Crippen molar-refractivity contribution in [3.63, 3.8) is 0 Å². The van der Waals surface area contributed by atoms with Gasteiger partial charge in [0.2, 0.25) is 0 Å². The molecule has 0 atom stereocenters. The summed E-state index contributed by atoms with van der Waals surface area (Å²) in [4.78, 5) is 28.0. The molecule has 0 amide bonds. The van der Waals surface area contributed by atoms with Crippen molar-refractivity contribution < 1.29 is 9.53 Å². The van der Waals surface area contributed by atoms with E-state index in [2.05, 4.69) is 44.9 Å². The van der Waals surface area contributed by atoms with E-state index in [1.54, 1.807) is 13.4 Å². The Bertz CT molecular complexity index is 1090. The number of nitrogens with zero attached hydrogens (tertiary/aromatic N) is 5. The van der Waals surface area contributed by atoms with Crippen molar-refractivity contribution in [2.24, 2.45) is 0 Å². The van der Waals surface area contributed by atoms with E-state index >= 15 is 0 Å². The average molecular weight is 450 g/mol. The van der Waals surface area contributed by atoms with Gasteiger partial charge in [0.25, 0.3) is 0 Å². The minimum absolute atomic E-state index is 0.730. The van der Waals surface area contributed by atoms with Crippen molar-refractivity contribution in [1.29, 1.82) is 0 Å². The molecule has 0 radical (unpaired) electrons. The highest BCUT2D eigenvalue weighted by Crippen LogP contribution is 2.38. The van der Waals surface area contributed by atoms with Crippen LogP contribution >= 0.6 is 11.8 Å². The number of carbonyl (C=O) groups excluding carboxylic acids is 1. The molecule has 0 aliphatic carbocycles. The molecule has 0 unspecified atom stereocenters. The van der Waals surface area contributed by atoms with Crippen molar-refractivity contribution in [2.45, 2.75) is 11.8 Å². The standard InChI is InChI=1S/C24H27N5O2S/c1-18-8-4-5-9-19(18)27(2)23-22(32-17-30)24(26-16-25-23)29-14-12-28(13-15-29)20-10-6-7-11-21(20)31-3/h4-11,16-17H,12-15H2,1-3H3. The molecule has 32 heavy (non-hydrogen) atoms. The van der Waals surface area contributed by atoms with Crippen LogP contribution in [-0.4, -0.2) is 55.9 Å². The van der Waals surface area contributed by atoms with Crippen LogP contribution in [0.2, 0.25) is 0 Å². The van der Waals surface area contributed by atoms with E-state index in [1.807, 2.05) is 42.3 Å². The maximum absolute atomic E-state index is 11.5. The number of aromatic nitrogens is 2. The number of anilines is 4. The Hall–Kier alpha value is -3.26. The average Bonchev–Trinajstić information content (AvgIpc) is 2.84. The third kappa shape index (κ3) is 4.36. The molecule has 7 nitrogen and oxygen atoms in total. The molecule has 0 N–H and O–H groups in total. The first-order chi connectivity index (χ1) is 15.6. The monoisotopic (exact) mass is 449 g/mol. The van der Waals surface area contributed by atoms with E-state index in [9.17, 15) is 4.79 Å². The van der Waals surface area contributed by atoms with Gasteiger partial charge in [0.05, 0.1) is 12.8 Å². The number of hydrogen-bond donors (Lipinski definition) is 0. The summed E-state index contributed by atoms with van der Waals surface area (Å²) in [6.07, 6.45) is 1.58. The van der Waals surface area contributed by atoms with Crippen molar-refractivity contribution >= 4 is 40.4 Å². The number of benzene rings is 2. The lowest BCUT2D eigenvalue weighted by atomic mass is 10.2. The van der Waals surface area contributed by atoms with Crippen LogP contribution in [0.25, 0.3) is 0 Å². The maximum atomic E-state index is 11.5. The minimum Gasteiger partial charge on any atom is -0.495 e. The predicted octanol–water partition coefficient (Wildman–Crippen LogP) is 4.17. The number of thioether (sulfide) groups is 1. The van der Waals surface area contributed by atoms with E-state index in [4.69, 9.17) is 4.74 Å². The summed E-state index contributed by atoms with van der Waals surface area (Å²) in [5.74, 6) is 2.41. The lowest BCUT2D eigenvalue weighted by molar-refractivity contribution is 0.413. The first-order valence-corrected chi connectivity index (χ1v) is 11.4. The molecule has 1 aliphatic rings. The third-order valence-corrected chi connectivity index (χ3v) is 6.43. The minimum atomic E-state index is 0.730. The molecule has 0 bridgehead atoms. The van der Waals surface area contributed by atoms with Crippen LogP contribution in [0, 0.1) is 6.92 Å². The number of para-hydroxylation sites is 3. The van der Waals surface area contributed by atoms with Gasteiger partial charge in [-0.15, -0.1) is 0 Å². The summed E-state index contributed by atoms with van der Waals surface area (Å²) >= 11 is 1.13. The molecular formula is C24H27N5O2S. The van der Waals surface area contributed by atoms with Crippen LogP contribution in [0.4, 0.5) is 23.0 Å². The van der Waals surface area contributed by atoms with E-state index in [1.165, 1.54) is 0 Å². The highest BCUT2D eigenvalue weighted by molar-refractivity contribution is 8.12. The number of piperazine rings is 1. The van der Waals surface area contributed by atoms with Crippen LogP contribution in [-0.2, 0) is 4.79 Å². The Kier molecular flexibility index (Phi) is 6.80. The van der Waals surface area contributed by atoms with Crippen molar-refractivity contribution in [2.75, 3.05) is 55.0 Å². The molecule has 2 aromatic carbocycles. The highest BCUT2D eigenvalue weighted by Gasteiger charge is 2.25. The summed E-state index contributed by atoms with van der Waals surface area (Å²) in [6.45, 7) is 5.30. The lowest BCUT2D eigenvalue weighted by Crippen LogP contribution is -2.47. The zero-order valence-electron chi connectivity index (χ0n) is 18.6. The highest BCUT2D eigenvalue weighted by atomic mass is 32.2. The molecule has 8 heteroatoms. The molecule has 1 aromatic heterocycles. The van der Waals surface area contributed by atoms with Gasteiger partial charge in [0.1, 0.15) is 22.8 Å². The predicted molar refractivity (Wildman–Crippen MR) is 131 cm³/mol. The normalized spacial score (nSPS) is 13.7. The van der Waals surface area contributed by atoms with Crippen LogP contribution in [0.5, 0.6) is 5.75 Å². The van der Waals surface area contributed by atoms with Gasteiger partial charge in [-0.25, -0.2) is 9.97 Å². The lowest BCUT2D eigenvalue weighted by Gasteiger charge is -2.38. The Morgan fingerprint density at radius 3 is 2.41 bits per heavy atom. The number of carbonyl (C=O) groups is 1. The molecule has 1 aliphatic heterocycles. The Labute approximate surface area is 193 Å².